The molecule has 72 valence electrons. The Balaban J connectivity index is 4.51. The van der Waals surface area contributed by atoms with Crippen molar-refractivity contribution >= 4 is 16.8 Å². The molecule has 0 atom stereocenters. The second-order valence-corrected chi connectivity index (χ2v) is 2.64. The van der Waals surface area contributed by atoms with E-state index < -0.39 is 28.0 Å². The Kier molecular flexibility index (Phi) is 3.88. The van der Waals surface area contributed by atoms with Gasteiger partial charge in [0, 0.05) is 10.7 Å². The summed E-state index contributed by atoms with van der Waals surface area (Å²) in [6, 6.07) is 0. The van der Waals surface area contributed by atoms with Crippen LogP contribution in [0.15, 0.2) is 0 Å². The Labute approximate surface area is 70.2 Å². The average Bonchev–Trinajstić information content (AvgIpc) is 1.84. The summed E-state index contributed by atoms with van der Waals surface area (Å²) in [7, 11) is 0. The van der Waals surface area contributed by atoms with Crippen LogP contribution in [0.25, 0.3) is 0 Å². The van der Waals surface area contributed by atoms with E-state index in [0.717, 1.165) is 0 Å². The lowest BCUT2D eigenvalue weighted by Crippen LogP contribution is -2.46. The zero-order valence-electron chi connectivity index (χ0n) is 5.90. The van der Waals surface area contributed by atoms with E-state index in [-0.39, 0.29) is 0 Å². The summed E-state index contributed by atoms with van der Waals surface area (Å²) in [6.07, 6.45) is -1.17. The van der Waals surface area contributed by atoms with E-state index in [2.05, 4.69) is 0 Å². The van der Waals surface area contributed by atoms with Crippen molar-refractivity contribution in [2.45, 2.75) is 19.0 Å². The standard InChI is InChI=1S/C4H5ClF4N2O/c1-4(10(6)7,11(8)9)2-3(5)12/h2H2,1H3. The van der Waals surface area contributed by atoms with E-state index >= 15 is 0 Å². The first-order valence-corrected chi connectivity index (χ1v) is 3.10. The van der Waals surface area contributed by atoms with E-state index in [9.17, 15) is 22.7 Å². The van der Waals surface area contributed by atoms with Crippen molar-refractivity contribution in [1.29, 1.82) is 0 Å². The molecule has 0 rings (SSSR count). The minimum Gasteiger partial charge on any atom is -0.281 e. The molecule has 0 aromatic carbocycles. The highest BCUT2D eigenvalue weighted by Crippen LogP contribution is 2.27. The van der Waals surface area contributed by atoms with Crippen LogP contribution in [0.3, 0.4) is 0 Å². The van der Waals surface area contributed by atoms with Gasteiger partial charge in [-0.15, -0.1) is 0 Å². The second-order valence-electron chi connectivity index (χ2n) is 2.21. The highest BCUT2D eigenvalue weighted by Gasteiger charge is 2.44. The van der Waals surface area contributed by atoms with E-state index in [4.69, 9.17) is 11.6 Å². The molecule has 0 fully saturated rings. The quantitative estimate of drug-likeness (QED) is 0.306. The number of rotatable bonds is 4. The molecule has 12 heavy (non-hydrogen) atoms. The summed E-state index contributed by atoms with van der Waals surface area (Å²) in [5.74, 6) is 0. The maximum absolute atomic E-state index is 11.8. The predicted molar refractivity (Wildman–Crippen MR) is 32.0 cm³/mol. The van der Waals surface area contributed by atoms with Gasteiger partial charge in [0.2, 0.25) is 10.9 Å². The van der Waals surface area contributed by atoms with E-state index in [1.807, 2.05) is 0 Å². The van der Waals surface area contributed by atoms with Crippen molar-refractivity contribution in [2.24, 2.45) is 0 Å². The van der Waals surface area contributed by atoms with E-state index in [0.29, 0.717) is 6.92 Å². The van der Waals surface area contributed by atoms with Crippen LogP contribution in [0.1, 0.15) is 13.3 Å². The lowest BCUT2D eigenvalue weighted by molar-refractivity contribution is -0.364. The summed E-state index contributed by atoms with van der Waals surface area (Å²) in [5.41, 5.74) is -2.96. The van der Waals surface area contributed by atoms with Crippen LogP contribution in [0.2, 0.25) is 0 Å². The normalized spacial score (nSPS) is 12.7. The van der Waals surface area contributed by atoms with Gasteiger partial charge in [-0.2, -0.15) is 0 Å². The highest BCUT2D eigenvalue weighted by molar-refractivity contribution is 6.63. The van der Waals surface area contributed by atoms with Gasteiger partial charge in [0.1, 0.15) is 0 Å². The number of hydrogen-bond donors (Lipinski definition) is 0. The van der Waals surface area contributed by atoms with Gasteiger partial charge in [-0.25, -0.2) is 0 Å². The fourth-order valence-corrected chi connectivity index (χ4v) is 0.693. The molecule has 0 spiro atoms. The molecular formula is C4H5ClF4N2O. The summed E-state index contributed by atoms with van der Waals surface area (Å²) >= 11 is 4.69. The molecule has 0 aliphatic heterocycles. The molecule has 0 N–H and O–H groups in total. The van der Waals surface area contributed by atoms with Gasteiger partial charge in [0.25, 0.3) is 0 Å². The monoisotopic (exact) mass is 208 g/mol. The van der Waals surface area contributed by atoms with Gasteiger partial charge in [0.05, 0.1) is 6.42 Å². The van der Waals surface area contributed by atoms with Crippen LogP contribution >= 0.6 is 11.6 Å². The highest BCUT2D eigenvalue weighted by atomic mass is 35.5. The zero-order chi connectivity index (χ0) is 9.94. The van der Waals surface area contributed by atoms with Gasteiger partial charge in [-0.1, -0.05) is 17.9 Å². The van der Waals surface area contributed by atoms with Crippen LogP contribution in [0.5, 0.6) is 0 Å². The Bertz CT molecular complexity index is 168. The topological polar surface area (TPSA) is 23.6 Å². The lowest BCUT2D eigenvalue weighted by atomic mass is 10.1. The molecule has 0 radical (unpaired) electrons. The van der Waals surface area contributed by atoms with Crippen LogP contribution in [-0.4, -0.2) is 21.6 Å². The molecule has 0 unspecified atom stereocenters. The first kappa shape index (κ1) is 11.6. The van der Waals surface area contributed by atoms with Crippen LogP contribution in [0.4, 0.5) is 17.9 Å². The van der Waals surface area contributed by atoms with Crippen LogP contribution in [0, 0.1) is 0 Å². The van der Waals surface area contributed by atoms with Crippen molar-refractivity contribution < 1.29 is 22.7 Å². The van der Waals surface area contributed by atoms with Crippen molar-refractivity contribution in [3.8, 4) is 0 Å². The third-order valence-corrected chi connectivity index (χ3v) is 1.34. The summed E-state index contributed by atoms with van der Waals surface area (Å²) in [6.45, 7) is 0.479. The molecule has 0 aliphatic carbocycles. The largest absolute Gasteiger partial charge is 0.281 e. The molecule has 0 bridgehead atoms. The van der Waals surface area contributed by atoms with Crippen LogP contribution < -0.4 is 0 Å². The molecule has 3 nitrogen and oxygen atoms in total. The Morgan fingerprint density at radius 2 is 1.67 bits per heavy atom. The smallest absolute Gasteiger partial charge is 0.225 e. The lowest BCUT2D eigenvalue weighted by Gasteiger charge is -2.26. The first-order valence-electron chi connectivity index (χ1n) is 2.72. The third-order valence-electron chi connectivity index (χ3n) is 1.20. The fraction of sp³-hybridized carbons (Fsp3) is 0.750. The molecule has 0 saturated carbocycles. The number of nitrogens with zero attached hydrogens (tertiary/aromatic N) is 2. The van der Waals surface area contributed by atoms with Gasteiger partial charge in [-0.3, -0.25) is 4.79 Å². The van der Waals surface area contributed by atoms with Gasteiger partial charge in [-0.05, 0) is 18.5 Å². The van der Waals surface area contributed by atoms with Crippen molar-refractivity contribution in [2.75, 3.05) is 0 Å². The molecule has 0 saturated heterocycles. The number of carbonyl (C=O) groups is 1. The number of carbonyl (C=O) groups excluding carboxylic acids is 1. The zero-order valence-corrected chi connectivity index (χ0v) is 6.66. The Morgan fingerprint density at radius 1 is 1.33 bits per heavy atom. The third kappa shape index (κ3) is 2.58. The van der Waals surface area contributed by atoms with Gasteiger partial charge in [0.15, 0.2) is 0 Å². The Morgan fingerprint density at radius 3 is 1.75 bits per heavy atom. The van der Waals surface area contributed by atoms with Gasteiger partial charge >= 0.3 is 0 Å². The summed E-state index contributed by atoms with van der Waals surface area (Å²) in [4.78, 5) is 10.1. The minimum atomic E-state index is -2.96. The van der Waals surface area contributed by atoms with Crippen LogP contribution in [-0.2, 0) is 4.79 Å². The van der Waals surface area contributed by atoms with Crippen molar-refractivity contribution in [3.63, 3.8) is 0 Å². The summed E-state index contributed by atoms with van der Waals surface area (Å²) in [5, 5.41) is -4.81. The van der Waals surface area contributed by atoms with Gasteiger partial charge < -0.3 is 0 Å². The van der Waals surface area contributed by atoms with Crippen molar-refractivity contribution in [1.82, 2.24) is 10.7 Å². The predicted octanol–water partition coefficient (Wildman–Crippen LogP) is 2.00. The molecule has 0 heterocycles. The maximum Gasteiger partial charge on any atom is 0.225 e. The van der Waals surface area contributed by atoms with E-state index in [1.165, 1.54) is 0 Å². The fourth-order valence-electron chi connectivity index (χ4n) is 0.440. The minimum absolute atomic E-state index is 0.479. The molecule has 0 aliphatic rings. The molecule has 8 heteroatoms. The average molecular weight is 209 g/mol. The number of halogens is 5. The SMILES string of the molecule is CC(CC(=O)Cl)(N(F)F)N(F)F. The van der Waals surface area contributed by atoms with Crippen molar-refractivity contribution in [3.05, 3.63) is 0 Å². The molecule has 0 amide bonds. The van der Waals surface area contributed by atoms with E-state index in [1.54, 1.807) is 0 Å². The molecule has 0 aromatic heterocycles. The first-order chi connectivity index (χ1) is 5.30. The second kappa shape index (κ2) is 4.01. The number of hydrogen-bond acceptors (Lipinski definition) is 3. The molecular weight excluding hydrogens is 204 g/mol. The summed E-state index contributed by atoms with van der Waals surface area (Å²) < 4.78 is 47.2. The maximum atomic E-state index is 11.8. The Hall–Kier alpha value is -0.400. The molecule has 0 aromatic rings.